The van der Waals surface area contributed by atoms with Crippen molar-refractivity contribution in [1.82, 2.24) is 0 Å². The van der Waals surface area contributed by atoms with E-state index in [4.69, 9.17) is 14.7 Å². The van der Waals surface area contributed by atoms with Crippen molar-refractivity contribution in [3.63, 3.8) is 0 Å². The number of nitriles is 1. The second-order valence-corrected chi connectivity index (χ2v) is 5.07. The second-order valence-electron chi connectivity index (χ2n) is 5.07. The van der Waals surface area contributed by atoms with Crippen molar-refractivity contribution in [2.45, 2.75) is 45.3 Å². The lowest BCUT2D eigenvalue weighted by Gasteiger charge is -2.19. The predicted molar refractivity (Wildman–Crippen MR) is 65.2 cm³/mol. The molecule has 1 atom stereocenters. The second kappa shape index (κ2) is 4.29. The number of nitrogens with zero attached hydrogens (tertiary/aromatic N) is 1. The third-order valence-electron chi connectivity index (χ3n) is 2.76. The smallest absolute Gasteiger partial charge is 0.165 e. The quantitative estimate of drug-likeness (QED) is 0.802. The number of rotatable bonds is 3. The Balaban J connectivity index is 2.22. The Morgan fingerprint density at radius 1 is 1.53 bits per heavy atom. The van der Waals surface area contributed by atoms with E-state index in [1.165, 1.54) is 5.56 Å². The van der Waals surface area contributed by atoms with Gasteiger partial charge in [0.05, 0.1) is 12.5 Å². The summed E-state index contributed by atoms with van der Waals surface area (Å²) in [4.78, 5) is 0. The molecular formula is C14H17NO2. The summed E-state index contributed by atoms with van der Waals surface area (Å²) in [5, 5.41) is 8.63. The third kappa shape index (κ3) is 2.52. The first-order valence-electron chi connectivity index (χ1n) is 5.86. The number of hydrogen-bond donors (Lipinski definition) is 0. The highest BCUT2D eigenvalue weighted by atomic mass is 16.5. The van der Waals surface area contributed by atoms with Crippen LogP contribution in [0.1, 0.15) is 32.8 Å². The number of benzene rings is 1. The monoisotopic (exact) mass is 231 g/mol. The van der Waals surface area contributed by atoms with Crippen molar-refractivity contribution in [1.29, 1.82) is 5.26 Å². The first-order chi connectivity index (χ1) is 8.02. The average molecular weight is 231 g/mol. The molecule has 1 aliphatic rings. The highest BCUT2D eigenvalue weighted by Crippen LogP contribution is 2.42. The molecule has 0 saturated heterocycles. The lowest BCUT2D eigenvalue weighted by Crippen LogP contribution is -2.25. The summed E-state index contributed by atoms with van der Waals surface area (Å²) in [5.74, 6) is 1.58. The van der Waals surface area contributed by atoms with E-state index in [-0.39, 0.29) is 11.7 Å². The van der Waals surface area contributed by atoms with Gasteiger partial charge < -0.3 is 9.47 Å². The molecule has 1 heterocycles. The summed E-state index contributed by atoms with van der Waals surface area (Å²) in [6.45, 7) is 6.02. The van der Waals surface area contributed by atoms with Gasteiger partial charge in [0, 0.05) is 12.0 Å². The van der Waals surface area contributed by atoms with Crippen LogP contribution in [0.15, 0.2) is 18.2 Å². The minimum Gasteiger partial charge on any atom is -0.486 e. The van der Waals surface area contributed by atoms with E-state index >= 15 is 0 Å². The Morgan fingerprint density at radius 2 is 2.29 bits per heavy atom. The van der Waals surface area contributed by atoms with Crippen LogP contribution >= 0.6 is 0 Å². The Hall–Kier alpha value is -1.69. The Labute approximate surface area is 102 Å². The Kier molecular flexibility index (Phi) is 2.97. The highest BCUT2D eigenvalue weighted by molar-refractivity contribution is 5.50. The fraction of sp³-hybridized carbons (Fsp3) is 0.500. The van der Waals surface area contributed by atoms with E-state index in [0.29, 0.717) is 6.42 Å². The van der Waals surface area contributed by atoms with E-state index in [2.05, 4.69) is 26.0 Å². The summed E-state index contributed by atoms with van der Waals surface area (Å²) in [6.07, 6.45) is 1.16. The van der Waals surface area contributed by atoms with E-state index in [0.717, 1.165) is 17.9 Å². The van der Waals surface area contributed by atoms with Crippen LogP contribution in [0.3, 0.4) is 0 Å². The topological polar surface area (TPSA) is 42.2 Å². The van der Waals surface area contributed by atoms with Gasteiger partial charge in [-0.05, 0) is 26.8 Å². The first-order valence-corrected chi connectivity index (χ1v) is 5.86. The summed E-state index contributed by atoms with van der Waals surface area (Å²) in [7, 11) is 0. The maximum Gasteiger partial charge on any atom is 0.165 e. The molecular weight excluding hydrogens is 214 g/mol. The van der Waals surface area contributed by atoms with Crippen molar-refractivity contribution < 1.29 is 9.47 Å². The van der Waals surface area contributed by atoms with Crippen molar-refractivity contribution >= 4 is 0 Å². The zero-order valence-electron chi connectivity index (χ0n) is 10.5. The first kappa shape index (κ1) is 11.8. The van der Waals surface area contributed by atoms with Gasteiger partial charge >= 0.3 is 0 Å². The molecule has 0 saturated carbocycles. The van der Waals surface area contributed by atoms with Crippen molar-refractivity contribution in [2.75, 3.05) is 0 Å². The molecule has 0 spiro atoms. The SMILES string of the molecule is CC(CC#N)Oc1cccc2c1OC(C)(C)C2. The van der Waals surface area contributed by atoms with Crippen LogP contribution in [0.2, 0.25) is 0 Å². The van der Waals surface area contributed by atoms with E-state index in [1.807, 2.05) is 19.1 Å². The van der Waals surface area contributed by atoms with Crippen LogP contribution in [-0.4, -0.2) is 11.7 Å². The number of fused-ring (bicyclic) bond motifs is 1. The average Bonchev–Trinajstić information content (AvgIpc) is 2.53. The van der Waals surface area contributed by atoms with Crippen molar-refractivity contribution in [3.05, 3.63) is 23.8 Å². The molecule has 90 valence electrons. The summed E-state index contributed by atoms with van der Waals surface area (Å²) < 4.78 is 11.6. The molecule has 0 N–H and O–H groups in total. The molecule has 0 fully saturated rings. The van der Waals surface area contributed by atoms with Crippen LogP contribution in [0, 0.1) is 11.3 Å². The molecule has 17 heavy (non-hydrogen) atoms. The van der Waals surface area contributed by atoms with Crippen LogP contribution < -0.4 is 9.47 Å². The van der Waals surface area contributed by atoms with Gasteiger partial charge in [-0.15, -0.1) is 0 Å². The minimum absolute atomic E-state index is 0.112. The van der Waals surface area contributed by atoms with Gasteiger partial charge in [-0.3, -0.25) is 0 Å². The molecule has 0 aromatic heterocycles. The van der Waals surface area contributed by atoms with Gasteiger partial charge in [-0.25, -0.2) is 0 Å². The van der Waals surface area contributed by atoms with Gasteiger partial charge in [0.2, 0.25) is 0 Å². The molecule has 1 aliphatic heterocycles. The van der Waals surface area contributed by atoms with Gasteiger partial charge in [0.1, 0.15) is 11.7 Å². The summed E-state index contributed by atoms with van der Waals surface area (Å²) >= 11 is 0. The van der Waals surface area contributed by atoms with Gasteiger partial charge in [0.25, 0.3) is 0 Å². The molecule has 0 aliphatic carbocycles. The van der Waals surface area contributed by atoms with Crippen LogP contribution in [0.4, 0.5) is 0 Å². The molecule has 1 aromatic rings. The molecule has 0 bridgehead atoms. The highest BCUT2D eigenvalue weighted by Gasteiger charge is 2.32. The summed E-state index contributed by atoms with van der Waals surface area (Å²) in [6, 6.07) is 8.03. The van der Waals surface area contributed by atoms with E-state index in [9.17, 15) is 0 Å². The Morgan fingerprint density at radius 3 is 3.00 bits per heavy atom. The standard InChI is InChI=1S/C14H17NO2/c1-10(7-8-15)16-12-6-4-5-11-9-14(2,3)17-13(11)12/h4-6,10H,7,9H2,1-3H3. The lowest BCUT2D eigenvalue weighted by molar-refractivity contribution is 0.127. The zero-order valence-corrected chi connectivity index (χ0v) is 10.5. The predicted octanol–water partition coefficient (Wildman–Crippen LogP) is 3.08. The maximum atomic E-state index is 8.63. The molecule has 3 nitrogen and oxygen atoms in total. The fourth-order valence-corrected chi connectivity index (χ4v) is 2.07. The van der Waals surface area contributed by atoms with Gasteiger partial charge in [0.15, 0.2) is 11.5 Å². The molecule has 3 heteroatoms. The van der Waals surface area contributed by atoms with Crippen molar-refractivity contribution in [3.8, 4) is 17.6 Å². The molecule has 2 rings (SSSR count). The normalized spacial score (nSPS) is 17.8. The van der Waals surface area contributed by atoms with Crippen molar-refractivity contribution in [2.24, 2.45) is 0 Å². The molecule has 1 unspecified atom stereocenters. The number of ether oxygens (including phenoxy) is 2. The number of para-hydroxylation sites is 1. The largest absolute Gasteiger partial charge is 0.486 e. The molecule has 0 amide bonds. The van der Waals surface area contributed by atoms with Crippen LogP contribution in [0.5, 0.6) is 11.5 Å². The zero-order chi connectivity index (χ0) is 12.5. The third-order valence-corrected chi connectivity index (χ3v) is 2.76. The van der Waals surface area contributed by atoms with Gasteiger partial charge in [-0.1, -0.05) is 12.1 Å². The lowest BCUT2D eigenvalue weighted by atomic mass is 10.0. The van der Waals surface area contributed by atoms with Gasteiger partial charge in [-0.2, -0.15) is 5.26 Å². The van der Waals surface area contributed by atoms with E-state index in [1.54, 1.807) is 0 Å². The number of hydrogen-bond acceptors (Lipinski definition) is 3. The van der Waals surface area contributed by atoms with E-state index < -0.39 is 0 Å². The molecule has 1 aromatic carbocycles. The Bertz CT molecular complexity index is 460. The summed E-state index contributed by atoms with van der Waals surface area (Å²) in [5.41, 5.74) is 1.01. The minimum atomic E-state index is -0.166. The van der Waals surface area contributed by atoms with Crippen LogP contribution in [-0.2, 0) is 6.42 Å². The van der Waals surface area contributed by atoms with Crippen LogP contribution in [0.25, 0.3) is 0 Å². The fourth-order valence-electron chi connectivity index (χ4n) is 2.07. The maximum absolute atomic E-state index is 8.63. The molecule has 0 radical (unpaired) electrons.